The highest BCUT2D eigenvalue weighted by atomic mass is 16.5. The number of aromatic amines is 1. The molecule has 6 heteroatoms. The maximum Gasteiger partial charge on any atom is 0.357 e. The molecule has 0 amide bonds. The standard InChI is InChI=1S/C25H32N4O2/c1-9-31-23(30)22-17(5)16(4)21(28-22)11-20-15(3)14(2)19(27-20)10-18-12-24(6,7)25(8,13-26)29-18/h11,27H,9-10,12H2,1-8H3. The lowest BCUT2D eigenvalue weighted by atomic mass is 9.74. The fourth-order valence-corrected chi connectivity index (χ4v) is 4.10. The molecule has 1 atom stereocenters. The molecule has 2 aliphatic rings. The van der Waals surface area contributed by atoms with Gasteiger partial charge in [-0.25, -0.2) is 9.79 Å². The summed E-state index contributed by atoms with van der Waals surface area (Å²) >= 11 is 0. The van der Waals surface area contributed by atoms with E-state index in [0.29, 0.717) is 18.7 Å². The van der Waals surface area contributed by atoms with Crippen molar-refractivity contribution in [3.05, 3.63) is 39.4 Å². The Labute approximate surface area is 184 Å². The largest absolute Gasteiger partial charge is 0.461 e. The van der Waals surface area contributed by atoms with Gasteiger partial charge < -0.3 is 9.72 Å². The lowest BCUT2D eigenvalue weighted by Crippen LogP contribution is -2.34. The van der Waals surface area contributed by atoms with Crippen molar-refractivity contribution >= 4 is 23.5 Å². The molecule has 3 heterocycles. The molecule has 31 heavy (non-hydrogen) atoms. The average molecular weight is 421 g/mol. The van der Waals surface area contributed by atoms with Gasteiger partial charge in [0.25, 0.3) is 0 Å². The zero-order valence-corrected chi connectivity index (χ0v) is 19.9. The van der Waals surface area contributed by atoms with Gasteiger partial charge in [-0.05, 0) is 76.3 Å². The van der Waals surface area contributed by atoms with Crippen LogP contribution in [0, 0.1) is 30.6 Å². The van der Waals surface area contributed by atoms with Gasteiger partial charge in [-0.15, -0.1) is 0 Å². The molecule has 1 aromatic rings. The van der Waals surface area contributed by atoms with Gasteiger partial charge in [0.1, 0.15) is 5.54 Å². The number of nitrogens with one attached hydrogen (secondary N) is 1. The number of aliphatic imine (C=N–C) groups is 2. The lowest BCUT2D eigenvalue weighted by molar-refractivity contribution is -0.134. The summed E-state index contributed by atoms with van der Waals surface area (Å²) in [6.45, 7) is 16.3. The van der Waals surface area contributed by atoms with Gasteiger partial charge in [0.05, 0.1) is 18.4 Å². The first-order valence-electron chi connectivity index (χ1n) is 10.8. The Balaban J connectivity index is 1.92. The molecule has 164 valence electrons. The quantitative estimate of drug-likeness (QED) is 0.678. The molecule has 0 saturated heterocycles. The Kier molecular flexibility index (Phi) is 5.84. The molecule has 1 aromatic heterocycles. The van der Waals surface area contributed by atoms with Crippen molar-refractivity contribution in [1.29, 1.82) is 5.26 Å². The van der Waals surface area contributed by atoms with Gasteiger partial charge in [0.15, 0.2) is 5.71 Å². The Hall–Kier alpha value is -2.94. The van der Waals surface area contributed by atoms with Crippen molar-refractivity contribution in [2.75, 3.05) is 6.61 Å². The summed E-state index contributed by atoms with van der Waals surface area (Å²) in [5.41, 5.74) is 7.57. The topological polar surface area (TPSA) is 90.6 Å². The molecule has 0 saturated carbocycles. The summed E-state index contributed by atoms with van der Waals surface area (Å²) in [5, 5.41) is 9.62. The van der Waals surface area contributed by atoms with Crippen molar-refractivity contribution in [3.63, 3.8) is 0 Å². The van der Waals surface area contributed by atoms with Crippen molar-refractivity contribution in [2.45, 2.75) is 73.8 Å². The van der Waals surface area contributed by atoms with Gasteiger partial charge in [-0.2, -0.15) is 5.26 Å². The Morgan fingerprint density at radius 3 is 2.45 bits per heavy atom. The normalized spacial score (nSPS) is 23.8. The average Bonchev–Trinajstić information content (AvgIpc) is 3.22. The van der Waals surface area contributed by atoms with E-state index in [4.69, 9.17) is 9.73 Å². The Bertz CT molecular complexity index is 1110. The first-order chi connectivity index (χ1) is 14.4. The first kappa shape index (κ1) is 22.7. The van der Waals surface area contributed by atoms with Crippen molar-refractivity contribution in [1.82, 2.24) is 4.98 Å². The second kappa shape index (κ2) is 7.96. The number of nitriles is 1. The van der Waals surface area contributed by atoms with Crippen LogP contribution in [0.3, 0.4) is 0 Å². The Morgan fingerprint density at radius 1 is 1.19 bits per heavy atom. The highest BCUT2D eigenvalue weighted by Crippen LogP contribution is 2.43. The number of hydrogen-bond donors (Lipinski definition) is 1. The van der Waals surface area contributed by atoms with Crippen LogP contribution in [0.2, 0.25) is 0 Å². The van der Waals surface area contributed by atoms with E-state index >= 15 is 0 Å². The molecule has 0 bridgehead atoms. The van der Waals surface area contributed by atoms with E-state index in [2.05, 4.69) is 43.7 Å². The number of ether oxygens (including phenoxy) is 1. The fourth-order valence-electron chi connectivity index (χ4n) is 4.10. The van der Waals surface area contributed by atoms with Crippen LogP contribution in [0.25, 0.3) is 6.08 Å². The van der Waals surface area contributed by atoms with Crippen molar-refractivity contribution in [3.8, 4) is 6.07 Å². The molecule has 0 aromatic carbocycles. The van der Waals surface area contributed by atoms with E-state index in [0.717, 1.165) is 45.9 Å². The predicted molar refractivity (Wildman–Crippen MR) is 124 cm³/mol. The SMILES string of the molecule is CCOC(=O)C1=NC(=Cc2[nH]c(CC3=NC(C)(C#N)C(C)(C)C3)c(C)c2C)C(C)=C1C. The second-order valence-electron chi connectivity index (χ2n) is 9.33. The van der Waals surface area contributed by atoms with Crippen LogP contribution in [-0.4, -0.2) is 34.5 Å². The smallest absolute Gasteiger partial charge is 0.357 e. The first-order valence-corrected chi connectivity index (χ1v) is 10.8. The van der Waals surface area contributed by atoms with Gasteiger partial charge in [-0.1, -0.05) is 13.8 Å². The maximum atomic E-state index is 12.2. The molecule has 0 aliphatic carbocycles. The minimum Gasteiger partial charge on any atom is -0.461 e. The number of nitrogens with zero attached hydrogens (tertiary/aromatic N) is 3. The fraction of sp³-hybridized carbons (Fsp3) is 0.520. The highest BCUT2D eigenvalue weighted by molar-refractivity contribution is 6.44. The van der Waals surface area contributed by atoms with Crippen LogP contribution in [0.15, 0.2) is 26.8 Å². The zero-order valence-electron chi connectivity index (χ0n) is 19.9. The maximum absolute atomic E-state index is 12.2. The minimum atomic E-state index is -0.690. The summed E-state index contributed by atoms with van der Waals surface area (Å²) in [7, 11) is 0. The zero-order chi connectivity index (χ0) is 23.1. The summed E-state index contributed by atoms with van der Waals surface area (Å²) in [6, 6.07) is 2.39. The summed E-state index contributed by atoms with van der Waals surface area (Å²) < 4.78 is 5.13. The number of allylic oxidation sites excluding steroid dienone is 1. The molecule has 0 spiro atoms. The summed E-state index contributed by atoms with van der Waals surface area (Å²) in [6.07, 6.45) is 3.50. The predicted octanol–water partition coefficient (Wildman–Crippen LogP) is 5.02. The van der Waals surface area contributed by atoms with Gasteiger partial charge in [-0.3, -0.25) is 4.99 Å². The second-order valence-corrected chi connectivity index (χ2v) is 9.33. The van der Waals surface area contributed by atoms with Crippen molar-refractivity contribution in [2.24, 2.45) is 15.4 Å². The lowest BCUT2D eigenvalue weighted by Gasteiger charge is -2.29. The third kappa shape index (κ3) is 3.89. The van der Waals surface area contributed by atoms with E-state index in [9.17, 15) is 10.1 Å². The van der Waals surface area contributed by atoms with E-state index in [1.807, 2.05) is 26.8 Å². The summed E-state index contributed by atoms with van der Waals surface area (Å²) in [5.74, 6) is -0.384. The number of hydrogen-bond acceptors (Lipinski definition) is 5. The molecular weight excluding hydrogens is 388 g/mol. The van der Waals surface area contributed by atoms with Crippen LogP contribution in [0.4, 0.5) is 0 Å². The molecule has 0 fully saturated rings. The number of esters is 1. The molecular formula is C25H32N4O2. The third-order valence-corrected chi connectivity index (χ3v) is 6.93. The van der Waals surface area contributed by atoms with Gasteiger partial charge >= 0.3 is 5.97 Å². The van der Waals surface area contributed by atoms with Gasteiger partial charge in [0.2, 0.25) is 0 Å². The molecule has 6 nitrogen and oxygen atoms in total. The van der Waals surface area contributed by atoms with Crippen LogP contribution in [0.5, 0.6) is 0 Å². The van der Waals surface area contributed by atoms with Crippen LogP contribution in [-0.2, 0) is 16.0 Å². The molecule has 0 radical (unpaired) electrons. The van der Waals surface area contributed by atoms with Crippen LogP contribution < -0.4 is 0 Å². The van der Waals surface area contributed by atoms with Crippen molar-refractivity contribution < 1.29 is 9.53 Å². The third-order valence-electron chi connectivity index (χ3n) is 6.93. The van der Waals surface area contributed by atoms with E-state index in [1.54, 1.807) is 6.92 Å². The van der Waals surface area contributed by atoms with Crippen LogP contribution >= 0.6 is 0 Å². The number of aromatic nitrogens is 1. The molecule has 1 unspecified atom stereocenters. The molecule has 1 N–H and O–H groups in total. The van der Waals surface area contributed by atoms with E-state index in [1.165, 1.54) is 5.56 Å². The van der Waals surface area contributed by atoms with E-state index < -0.39 is 5.54 Å². The summed E-state index contributed by atoms with van der Waals surface area (Å²) in [4.78, 5) is 25.0. The molecule has 3 rings (SSSR count). The van der Waals surface area contributed by atoms with Crippen LogP contribution in [0.1, 0.15) is 70.5 Å². The Morgan fingerprint density at radius 2 is 1.87 bits per heavy atom. The number of H-pyrrole nitrogens is 1. The van der Waals surface area contributed by atoms with Gasteiger partial charge in [0, 0.05) is 28.9 Å². The number of carbonyl (C=O) groups excluding carboxylic acids is 1. The molecule has 2 aliphatic heterocycles. The van der Waals surface area contributed by atoms with E-state index in [-0.39, 0.29) is 11.4 Å². The minimum absolute atomic E-state index is 0.182. The highest BCUT2D eigenvalue weighted by Gasteiger charge is 2.46. The monoisotopic (exact) mass is 420 g/mol. The number of rotatable bonds is 5. The number of carbonyl (C=O) groups is 1.